The van der Waals surface area contributed by atoms with Crippen LogP contribution >= 0.6 is 11.3 Å². The van der Waals surface area contributed by atoms with E-state index >= 15 is 0 Å². The molecule has 1 aliphatic heterocycles. The maximum absolute atomic E-state index is 5.76. The van der Waals surface area contributed by atoms with Crippen LogP contribution in [0.15, 0.2) is 16.0 Å². The molecule has 0 aliphatic carbocycles. The Morgan fingerprint density at radius 2 is 1.95 bits per heavy atom. The van der Waals surface area contributed by atoms with E-state index in [1.807, 2.05) is 11.6 Å². The van der Waals surface area contributed by atoms with Gasteiger partial charge in [-0.2, -0.15) is 0 Å². The van der Waals surface area contributed by atoms with Crippen molar-refractivity contribution in [1.82, 2.24) is 20.1 Å². The molecule has 114 valence electrons. The number of thiazole rings is 1. The summed E-state index contributed by atoms with van der Waals surface area (Å²) >= 11 is 1.70. The number of anilines is 1. The molecule has 0 spiro atoms. The van der Waals surface area contributed by atoms with Crippen molar-refractivity contribution >= 4 is 16.5 Å². The average molecular weight is 307 g/mol. The molecule has 7 heteroatoms. The molecular formula is C14H21N5OS. The van der Waals surface area contributed by atoms with Crippen molar-refractivity contribution in [2.75, 3.05) is 31.1 Å². The van der Waals surface area contributed by atoms with Gasteiger partial charge in [0.15, 0.2) is 5.13 Å². The smallest absolute Gasteiger partial charge is 0.230 e. The van der Waals surface area contributed by atoms with Crippen molar-refractivity contribution < 1.29 is 4.42 Å². The van der Waals surface area contributed by atoms with Crippen LogP contribution in [0.3, 0.4) is 0 Å². The highest BCUT2D eigenvalue weighted by atomic mass is 32.1. The highest BCUT2D eigenvalue weighted by Gasteiger charge is 2.24. The summed E-state index contributed by atoms with van der Waals surface area (Å²) in [4.78, 5) is 9.04. The van der Waals surface area contributed by atoms with Gasteiger partial charge in [-0.25, -0.2) is 4.98 Å². The maximum atomic E-state index is 5.76. The standard InChI is InChI=1S/C14H21N5OS/c1-14(2,3)12-17-16-11(20-12)10-18-5-7-19(8-6-18)13-15-4-9-21-13/h4,9H,5-8,10H2,1-3H3. The number of hydrogen-bond donors (Lipinski definition) is 0. The highest BCUT2D eigenvalue weighted by Crippen LogP contribution is 2.22. The Hall–Kier alpha value is -1.47. The van der Waals surface area contributed by atoms with Crippen LogP contribution in [0.25, 0.3) is 0 Å². The zero-order valence-corrected chi connectivity index (χ0v) is 13.6. The van der Waals surface area contributed by atoms with Crippen molar-refractivity contribution in [2.45, 2.75) is 32.7 Å². The van der Waals surface area contributed by atoms with E-state index in [2.05, 4.69) is 45.8 Å². The summed E-state index contributed by atoms with van der Waals surface area (Å²) in [5, 5.41) is 11.4. The van der Waals surface area contributed by atoms with E-state index in [0.717, 1.165) is 37.9 Å². The molecule has 0 saturated carbocycles. The van der Waals surface area contributed by atoms with E-state index in [-0.39, 0.29) is 5.41 Å². The Morgan fingerprint density at radius 1 is 1.19 bits per heavy atom. The second-order valence-corrected chi connectivity index (χ2v) is 7.20. The Kier molecular flexibility index (Phi) is 3.95. The normalized spacial score (nSPS) is 17.4. The van der Waals surface area contributed by atoms with E-state index < -0.39 is 0 Å². The largest absolute Gasteiger partial charge is 0.423 e. The van der Waals surface area contributed by atoms with Crippen molar-refractivity contribution in [2.24, 2.45) is 0 Å². The van der Waals surface area contributed by atoms with E-state index in [0.29, 0.717) is 11.8 Å². The molecule has 0 N–H and O–H groups in total. The van der Waals surface area contributed by atoms with E-state index in [1.165, 1.54) is 0 Å². The van der Waals surface area contributed by atoms with Gasteiger partial charge in [-0.1, -0.05) is 20.8 Å². The van der Waals surface area contributed by atoms with Crippen LogP contribution < -0.4 is 4.90 Å². The lowest BCUT2D eigenvalue weighted by Crippen LogP contribution is -2.46. The van der Waals surface area contributed by atoms with Gasteiger partial charge in [-0.15, -0.1) is 21.5 Å². The zero-order chi connectivity index (χ0) is 14.9. The molecule has 21 heavy (non-hydrogen) atoms. The first kappa shape index (κ1) is 14.5. The second kappa shape index (κ2) is 5.73. The van der Waals surface area contributed by atoms with Gasteiger partial charge in [0.05, 0.1) is 6.54 Å². The van der Waals surface area contributed by atoms with Crippen LogP contribution in [-0.4, -0.2) is 46.3 Å². The summed E-state index contributed by atoms with van der Waals surface area (Å²) in [5.74, 6) is 1.42. The predicted molar refractivity (Wildman–Crippen MR) is 82.6 cm³/mol. The van der Waals surface area contributed by atoms with Gasteiger partial charge >= 0.3 is 0 Å². The molecule has 0 atom stereocenters. The fourth-order valence-corrected chi connectivity index (χ4v) is 2.98. The van der Waals surface area contributed by atoms with Gasteiger partial charge in [0.2, 0.25) is 11.8 Å². The molecule has 0 radical (unpaired) electrons. The Labute approximate surface area is 128 Å². The minimum atomic E-state index is -0.0885. The molecule has 6 nitrogen and oxygen atoms in total. The van der Waals surface area contributed by atoms with Crippen LogP contribution in [0, 0.1) is 0 Å². The molecule has 1 aliphatic rings. The molecule has 1 fully saturated rings. The van der Waals surface area contributed by atoms with Gasteiger partial charge in [0.25, 0.3) is 0 Å². The van der Waals surface area contributed by atoms with Crippen molar-refractivity contribution in [3.05, 3.63) is 23.4 Å². The fraction of sp³-hybridized carbons (Fsp3) is 0.643. The van der Waals surface area contributed by atoms with Gasteiger partial charge in [0.1, 0.15) is 0 Å². The van der Waals surface area contributed by atoms with Crippen molar-refractivity contribution in [1.29, 1.82) is 0 Å². The zero-order valence-electron chi connectivity index (χ0n) is 12.7. The summed E-state index contributed by atoms with van der Waals surface area (Å²) < 4.78 is 5.76. The first-order valence-electron chi connectivity index (χ1n) is 7.22. The van der Waals surface area contributed by atoms with Gasteiger partial charge in [0, 0.05) is 43.2 Å². The monoisotopic (exact) mass is 307 g/mol. The highest BCUT2D eigenvalue weighted by molar-refractivity contribution is 7.13. The lowest BCUT2D eigenvalue weighted by atomic mass is 9.97. The third-order valence-electron chi connectivity index (χ3n) is 3.53. The number of rotatable bonds is 3. The molecule has 3 heterocycles. The molecule has 0 aromatic carbocycles. The van der Waals surface area contributed by atoms with Crippen LogP contribution in [-0.2, 0) is 12.0 Å². The third-order valence-corrected chi connectivity index (χ3v) is 4.36. The Balaban J connectivity index is 1.55. The molecule has 0 unspecified atom stereocenters. The molecule has 3 rings (SSSR count). The van der Waals surface area contributed by atoms with Gasteiger partial charge in [-0.05, 0) is 0 Å². The van der Waals surface area contributed by atoms with E-state index in [1.54, 1.807) is 11.3 Å². The Bertz CT molecular complexity index is 566. The van der Waals surface area contributed by atoms with Crippen LogP contribution in [0.4, 0.5) is 5.13 Å². The van der Waals surface area contributed by atoms with Crippen molar-refractivity contribution in [3.8, 4) is 0 Å². The summed E-state index contributed by atoms with van der Waals surface area (Å²) in [6, 6.07) is 0. The average Bonchev–Trinajstić information content (AvgIpc) is 3.09. The molecule has 1 saturated heterocycles. The summed E-state index contributed by atoms with van der Waals surface area (Å²) in [7, 11) is 0. The van der Waals surface area contributed by atoms with Crippen LogP contribution in [0.2, 0.25) is 0 Å². The lowest BCUT2D eigenvalue weighted by Gasteiger charge is -2.33. The molecule has 0 bridgehead atoms. The number of nitrogens with zero attached hydrogens (tertiary/aromatic N) is 5. The quantitative estimate of drug-likeness (QED) is 0.866. The minimum absolute atomic E-state index is 0.0885. The third kappa shape index (κ3) is 3.41. The Morgan fingerprint density at radius 3 is 2.52 bits per heavy atom. The van der Waals surface area contributed by atoms with Crippen LogP contribution in [0.5, 0.6) is 0 Å². The predicted octanol–water partition coefficient (Wildman–Crippen LogP) is 2.15. The number of aromatic nitrogens is 3. The first-order chi connectivity index (χ1) is 10.0. The topological polar surface area (TPSA) is 58.3 Å². The van der Waals surface area contributed by atoms with Gasteiger partial charge in [-0.3, -0.25) is 4.90 Å². The summed E-state index contributed by atoms with van der Waals surface area (Å²) in [6.45, 7) is 10.9. The number of hydrogen-bond acceptors (Lipinski definition) is 7. The molecule has 2 aromatic heterocycles. The van der Waals surface area contributed by atoms with E-state index in [4.69, 9.17) is 4.42 Å². The second-order valence-electron chi connectivity index (χ2n) is 6.33. The fourth-order valence-electron chi connectivity index (χ4n) is 2.28. The van der Waals surface area contributed by atoms with Gasteiger partial charge < -0.3 is 9.32 Å². The summed E-state index contributed by atoms with van der Waals surface area (Å²) in [5.41, 5.74) is -0.0885. The molecule has 2 aromatic rings. The molecule has 0 amide bonds. The summed E-state index contributed by atoms with van der Waals surface area (Å²) in [6.07, 6.45) is 1.86. The van der Waals surface area contributed by atoms with Crippen LogP contribution in [0.1, 0.15) is 32.6 Å². The van der Waals surface area contributed by atoms with Crippen molar-refractivity contribution in [3.63, 3.8) is 0 Å². The first-order valence-corrected chi connectivity index (χ1v) is 8.10. The SMILES string of the molecule is CC(C)(C)c1nnc(CN2CCN(c3nccs3)CC2)o1. The minimum Gasteiger partial charge on any atom is -0.423 e. The lowest BCUT2D eigenvalue weighted by molar-refractivity contribution is 0.221. The molecular weight excluding hydrogens is 286 g/mol. The maximum Gasteiger partial charge on any atom is 0.230 e. The number of piperazine rings is 1. The van der Waals surface area contributed by atoms with E-state index in [9.17, 15) is 0 Å².